The van der Waals surface area contributed by atoms with Gasteiger partial charge in [0, 0.05) is 17.1 Å². The first-order chi connectivity index (χ1) is 9.58. The van der Waals surface area contributed by atoms with Crippen molar-refractivity contribution in [3.63, 3.8) is 0 Å². The fraction of sp³-hybridized carbons (Fsp3) is 0.941. The van der Waals surface area contributed by atoms with Gasteiger partial charge in [0.1, 0.15) is 0 Å². The first-order valence-electron chi connectivity index (χ1n) is 8.32. The van der Waals surface area contributed by atoms with Gasteiger partial charge < -0.3 is 10.6 Å². The molecule has 1 aliphatic rings. The Morgan fingerprint density at radius 3 is 2.24 bits per heavy atom. The summed E-state index contributed by atoms with van der Waals surface area (Å²) < 4.78 is 0. The van der Waals surface area contributed by atoms with Crippen molar-refractivity contribution in [2.75, 3.05) is 20.1 Å². The molecule has 2 N–H and O–H groups in total. The number of likely N-dealkylation sites (tertiary alicyclic amines) is 1. The Balaban J connectivity index is 2.46. The van der Waals surface area contributed by atoms with E-state index in [-0.39, 0.29) is 23.0 Å². The number of amides is 1. The van der Waals surface area contributed by atoms with Crippen molar-refractivity contribution < 1.29 is 4.79 Å². The van der Waals surface area contributed by atoms with Crippen LogP contribution in [0.4, 0.5) is 0 Å². The minimum absolute atomic E-state index is 0.115. The molecule has 1 rings (SSSR count). The zero-order valence-corrected chi connectivity index (χ0v) is 15.0. The van der Waals surface area contributed by atoms with Crippen LogP contribution in [0, 0.1) is 5.92 Å². The van der Waals surface area contributed by atoms with Crippen LogP contribution in [0.3, 0.4) is 0 Å². The molecule has 0 aromatic heterocycles. The van der Waals surface area contributed by atoms with Gasteiger partial charge in [-0.15, -0.1) is 0 Å². The number of rotatable bonds is 6. The van der Waals surface area contributed by atoms with Crippen LogP contribution in [0.5, 0.6) is 0 Å². The fourth-order valence-corrected chi connectivity index (χ4v) is 3.33. The molecule has 1 saturated heterocycles. The largest absolute Gasteiger partial charge is 0.352 e. The normalized spacial score (nSPS) is 23.8. The maximum absolute atomic E-state index is 12.1. The Bertz CT molecular complexity index is 334. The Morgan fingerprint density at radius 2 is 1.76 bits per heavy atom. The van der Waals surface area contributed by atoms with Gasteiger partial charge in [0.15, 0.2) is 0 Å². The van der Waals surface area contributed by atoms with E-state index >= 15 is 0 Å². The smallest absolute Gasteiger partial charge is 0.234 e. The lowest BCUT2D eigenvalue weighted by Crippen LogP contribution is -2.63. The summed E-state index contributed by atoms with van der Waals surface area (Å²) in [5, 5.41) is 6.47. The minimum Gasteiger partial charge on any atom is -0.352 e. The second kappa shape index (κ2) is 7.10. The van der Waals surface area contributed by atoms with Crippen molar-refractivity contribution in [2.45, 2.75) is 77.9 Å². The van der Waals surface area contributed by atoms with E-state index in [0.717, 1.165) is 25.8 Å². The molecule has 1 fully saturated rings. The second-order valence-corrected chi connectivity index (χ2v) is 8.00. The van der Waals surface area contributed by atoms with Crippen molar-refractivity contribution in [3.05, 3.63) is 0 Å². The highest BCUT2D eigenvalue weighted by molar-refractivity contribution is 5.78. The third-order valence-corrected chi connectivity index (χ3v) is 5.15. The SMILES string of the molecule is CCC(C)CNCC(=O)NC1CC(C)(C)N(C)C(C)(C)C1. The van der Waals surface area contributed by atoms with Crippen molar-refractivity contribution in [1.29, 1.82) is 0 Å². The van der Waals surface area contributed by atoms with Crippen LogP contribution in [0.2, 0.25) is 0 Å². The Labute approximate surface area is 131 Å². The van der Waals surface area contributed by atoms with Crippen molar-refractivity contribution in [2.24, 2.45) is 5.92 Å². The van der Waals surface area contributed by atoms with E-state index in [1.54, 1.807) is 0 Å². The van der Waals surface area contributed by atoms with E-state index in [4.69, 9.17) is 0 Å². The summed E-state index contributed by atoms with van der Waals surface area (Å²) >= 11 is 0. The number of hydrogen-bond donors (Lipinski definition) is 2. The topological polar surface area (TPSA) is 44.4 Å². The molecule has 1 unspecified atom stereocenters. The summed E-state index contributed by atoms with van der Waals surface area (Å²) in [4.78, 5) is 14.5. The lowest BCUT2D eigenvalue weighted by Gasteiger charge is -2.53. The van der Waals surface area contributed by atoms with Crippen molar-refractivity contribution in [1.82, 2.24) is 15.5 Å². The number of nitrogens with one attached hydrogen (secondary N) is 2. The van der Waals surface area contributed by atoms with Crippen LogP contribution >= 0.6 is 0 Å². The van der Waals surface area contributed by atoms with Gasteiger partial charge in [-0.3, -0.25) is 9.69 Å². The van der Waals surface area contributed by atoms with Gasteiger partial charge in [-0.25, -0.2) is 0 Å². The molecule has 21 heavy (non-hydrogen) atoms. The van der Waals surface area contributed by atoms with E-state index in [9.17, 15) is 4.79 Å². The van der Waals surface area contributed by atoms with Gasteiger partial charge in [0.2, 0.25) is 5.91 Å². The van der Waals surface area contributed by atoms with Gasteiger partial charge in [0.05, 0.1) is 6.54 Å². The molecule has 1 aliphatic heterocycles. The molecule has 1 atom stereocenters. The van der Waals surface area contributed by atoms with Crippen LogP contribution in [0.1, 0.15) is 60.8 Å². The Hall–Kier alpha value is -0.610. The third-order valence-electron chi connectivity index (χ3n) is 5.15. The molecule has 0 bridgehead atoms. The standard InChI is InChI=1S/C17H35N3O/c1-8-13(2)11-18-12-15(21)19-14-9-16(3,4)20(7)17(5,6)10-14/h13-14,18H,8-12H2,1-7H3,(H,19,21). The molecule has 4 heteroatoms. The quantitative estimate of drug-likeness (QED) is 0.791. The molecular weight excluding hydrogens is 262 g/mol. The lowest BCUT2D eigenvalue weighted by molar-refractivity contribution is -0.122. The Morgan fingerprint density at radius 1 is 1.24 bits per heavy atom. The van der Waals surface area contributed by atoms with Gasteiger partial charge in [-0.2, -0.15) is 0 Å². The van der Waals surface area contributed by atoms with Crippen LogP contribution < -0.4 is 10.6 Å². The molecule has 124 valence electrons. The average Bonchev–Trinajstić information content (AvgIpc) is 2.34. The summed E-state index contributed by atoms with van der Waals surface area (Å²) in [6.45, 7) is 14.7. The van der Waals surface area contributed by atoms with Crippen LogP contribution in [-0.4, -0.2) is 48.1 Å². The number of hydrogen-bond acceptors (Lipinski definition) is 3. The van der Waals surface area contributed by atoms with E-state index in [1.165, 1.54) is 0 Å². The highest BCUT2D eigenvalue weighted by atomic mass is 16.2. The summed E-state index contributed by atoms with van der Waals surface area (Å²) in [5.41, 5.74) is 0.230. The number of nitrogens with zero attached hydrogens (tertiary/aromatic N) is 1. The highest BCUT2D eigenvalue weighted by Crippen LogP contribution is 2.36. The monoisotopic (exact) mass is 297 g/mol. The van der Waals surface area contributed by atoms with Crippen molar-refractivity contribution in [3.8, 4) is 0 Å². The van der Waals surface area contributed by atoms with E-state index in [0.29, 0.717) is 12.5 Å². The predicted octanol–water partition coefficient (Wildman–Crippen LogP) is 2.39. The molecule has 0 saturated carbocycles. The second-order valence-electron chi connectivity index (χ2n) is 8.00. The first kappa shape index (κ1) is 18.4. The molecule has 0 spiro atoms. The zero-order valence-electron chi connectivity index (χ0n) is 15.0. The minimum atomic E-state index is 0.115. The maximum atomic E-state index is 12.1. The first-order valence-corrected chi connectivity index (χ1v) is 8.32. The van der Waals surface area contributed by atoms with Gasteiger partial charge in [0.25, 0.3) is 0 Å². The number of carbonyl (C=O) groups excluding carboxylic acids is 1. The third kappa shape index (κ3) is 5.26. The van der Waals surface area contributed by atoms with Gasteiger partial charge in [-0.1, -0.05) is 20.3 Å². The summed E-state index contributed by atoms with van der Waals surface area (Å²) in [5.74, 6) is 0.749. The van der Waals surface area contributed by atoms with Gasteiger partial charge >= 0.3 is 0 Å². The zero-order chi connectivity index (χ0) is 16.3. The molecule has 0 aromatic carbocycles. The van der Waals surface area contributed by atoms with E-state index in [1.807, 2.05) is 0 Å². The van der Waals surface area contributed by atoms with E-state index in [2.05, 4.69) is 64.1 Å². The molecule has 0 aliphatic carbocycles. The molecule has 1 amide bonds. The molecule has 4 nitrogen and oxygen atoms in total. The van der Waals surface area contributed by atoms with Crippen molar-refractivity contribution >= 4 is 5.91 Å². The van der Waals surface area contributed by atoms with Crippen LogP contribution in [-0.2, 0) is 4.79 Å². The maximum Gasteiger partial charge on any atom is 0.234 e. The van der Waals surface area contributed by atoms with Crippen LogP contribution in [0.15, 0.2) is 0 Å². The summed E-state index contributed by atoms with van der Waals surface area (Å²) in [6, 6.07) is 0.268. The predicted molar refractivity (Wildman–Crippen MR) is 89.4 cm³/mol. The summed E-state index contributed by atoms with van der Waals surface area (Å²) in [6.07, 6.45) is 3.15. The number of piperidine rings is 1. The number of carbonyl (C=O) groups is 1. The summed E-state index contributed by atoms with van der Waals surface area (Å²) in [7, 11) is 2.19. The van der Waals surface area contributed by atoms with Gasteiger partial charge in [-0.05, 0) is 60.0 Å². The molecule has 1 heterocycles. The molecule has 0 radical (unpaired) electrons. The average molecular weight is 297 g/mol. The highest BCUT2D eigenvalue weighted by Gasteiger charge is 2.43. The fourth-order valence-electron chi connectivity index (χ4n) is 3.33. The molecule has 0 aromatic rings. The lowest BCUT2D eigenvalue weighted by atomic mass is 9.77. The Kier molecular flexibility index (Phi) is 6.23. The van der Waals surface area contributed by atoms with E-state index < -0.39 is 0 Å². The molecular formula is C17H35N3O. The van der Waals surface area contributed by atoms with Crippen LogP contribution in [0.25, 0.3) is 0 Å².